The zero-order valence-corrected chi connectivity index (χ0v) is 8.41. The van der Waals surface area contributed by atoms with Crippen LogP contribution >= 0.6 is 0 Å². The number of nitriles is 1. The van der Waals surface area contributed by atoms with Crippen LogP contribution in [0.1, 0.15) is 32.1 Å². The number of rotatable bonds is 3. The van der Waals surface area contributed by atoms with Gasteiger partial charge in [0.1, 0.15) is 0 Å². The van der Waals surface area contributed by atoms with Crippen LogP contribution in [0.4, 0.5) is 0 Å². The average molecular weight is 192 g/mol. The Labute approximate surface area is 84.7 Å². The molecule has 2 aliphatic rings. The first kappa shape index (κ1) is 9.51. The van der Waals surface area contributed by atoms with Crippen molar-refractivity contribution in [3.8, 4) is 6.07 Å². The minimum atomic E-state index is -0.110. The summed E-state index contributed by atoms with van der Waals surface area (Å²) in [5, 5.41) is 9.22. The molecule has 76 valence electrons. The van der Waals surface area contributed by atoms with Crippen molar-refractivity contribution in [3.05, 3.63) is 0 Å². The molecule has 1 saturated carbocycles. The van der Waals surface area contributed by atoms with Gasteiger partial charge in [0.15, 0.2) is 0 Å². The van der Waals surface area contributed by atoms with E-state index in [1.165, 1.54) is 12.8 Å². The third-order valence-corrected chi connectivity index (χ3v) is 3.52. The average Bonchev–Trinajstić information content (AvgIpc) is 3.03. The van der Waals surface area contributed by atoms with Gasteiger partial charge in [0.25, 0.3) is 0 Å². The van der Waals surface area contributed by atoms with Crippen LogP contribution in [0.2, 0.25) is 0 Å². The van der Waals surface area contributed by atoms with Crippen LogP contribution < -0.4 is 0 Å². The van der Waals surface area contributed by atoms with Crippen LogP contribution in [0, 0.1) is 22.7 Å². The number of piperidine rings is 1. The Balaban J connectivity index is 1.93. The number of carbonyl (C=O) groups is 1. The molecule has 0 unspecified atom stereocenters. The Kier molecular flexibility index (Phi) is 2.45. The van der Waals surface area contributed by atoms with Gasteiger partial charge in [-0.25, -0.2) is 0 Å². The number of hydrogen-bond donors (Lipinski definition) is 0. The van der Waals surface area contributed by atoms with Crippen molar-refractivity contribution < 1.29 is 4.79 Å². The van der Waals surface area contributed by atoms with Gasteiger partial charge in [-0.3, -0.25) is 4.79 Å². The minimum Gasteiger partial charge on any atom is -0.345 e. The van der Waals surface area contributed by atoms with Crippen molar-refractivity contribution in [1.29, 1.82) is 5.26 Å². The molecule has 1 aliphatic heterocycles. The molecule has 2 fully saturated rings. The summed E-state index contributed by atoms with van der Waals surface area (Å²) >= 11 is 0. The summed E-state index contributed by atoms with van der Waals surface area (Å²) in [5.74, 6) is 0.803. The monoisotopic (exact) mass is 192 g/mol. The van der Waals surface area contributed by atoms with E-state index in [0.717, 1.165) is 44.7 Å². The lowest BCUT2D eigenvalue weighted by Gasteiger charge is -2.35. The molecule has 1 saturated heterocycles. The maximum atomic E-state index is 10.5. The van der Waals surface area contributed by atoms with E-state index >= 15 is 0 Å². The summed E-state index contributed by atoms with van der Waals surface area (Å²) in [6, 6.07) is 2.49. The number of amides is 1. The van der Waals surface area contributed by atoms with Crippen molar-refractivity contribution in [1.82, 2.24) is 4.90 Å². The Morgan fingerprint density at radius 3 is 2.50 bits per heavy atom. The summed E-state index contributed by atoms with van der Waals surface area (Å²) < 4.78 is 0. The molecule has 0 bridgehead atoms. The number of hydrogen-bond acceptors (Lipinski definition) is 2. The minimum absolute atomic E-state index is 0.110. The number of carbonyl (C=O) groups excluding carboxylic acids is 1. The first-order valence-corrected chi connectivity index (χ1v) is 5.39. The molecule has 1 aliphatic carbocycles. The summed E-state index contributed by atoms with van der Waals surface area (Å²) in [7, 11) is 0. The van der Waals surface area contributed by atoms with Gasteiger partial charge in [0.05, 0.1) is 11.5 Å². The summed E-state index contributed by atoms with van der Waals surface area (Å²) in [5.41, 5.74) is -0.110. The van der Waals surface area contributed by atoms with E-state index in [1.807, 2.05) is 0 Å². The van der Waals surface area contributed by atoms with Crippen LogP contribution in [-0.2, 0) is 4.79 Å². The second kappa shape index (κ2) is 3.61. The fraction of sp³-hybridized carbons (Fsp3) is 0.818. The Hall–Kier alpha value is -1.04. The molecule has 0 spiro atoms. The number of likely N-dealkylation sites (tertiary alicyclic amines) is 1. The van der Waals surface area contributed by atoms with Gasteiger partial charge in [-0.15, -0.1) is 0 Å². The maximum absolute atomic E-state index is 10.5. The number of nitrogens with zero attached hydrogens (tertiary/aromatic N) is 2. The van der Waals surface area contributed by atoms with Crippen molar-refractivity contribution in [2.75, 3.05) is 13.1 Å². The van der Waals surface area contributed by atoms with E-state index in [4.69, 9.17) is 0 Å². The lowest BCUT2D eigenvalue weighted by Crippen LogP contribution is -2.38. The second-order valence-corrected chi connectivity index (χ2v) is 4.68. The molecule has 1 amide bonds. The van der Waals surface area contributed by atoms with Gasteiger partial charge in [-0.05, 0) is 25.2 Å². The highest BCUT2D eigenvalue weighted by atomic mass is 16.1. The molecule has 0 aromatic carbocycles. The summed E-state index contributed by atoms with van der Waals surface area (Å²) in [6.45, 7) is 1.54. The highest BCUT2D eigenvalue weighted by molar-refractivity contribution is 5.47. The highest BCUT2D eigenvalue weighted by Gasteiger charge is 2.39. The molecule has 0 aromatic rings. The lowest BCUT2D eigenvalue weighted by atomic mass is 9.76. The second-order valence-electron chi connectivity index (χ2n) is 4.68. The van der Waals surface area contributed by atoms with E-state index in [1.54, 1.807) is 4.90 Å². The van der Waals surface area contributed by atoms with E-state index < -0.39 is 0 Å². The molecule has 14 heavy (non-hydrogen) atoms. The third-order valence-electron chi connectivity index (χ3n) is 3.52. The first-order valence-electron chi connectivity index (χ1n) is 5.39. The third kappa shape index (κ3) is 1.89. The molecular formula is C11H16N2O. The summed E-state index contributed by atoms with van der Waals surface area (Å²) in [6.07, 6.45) is 6.33. The van der Waals surface area contributed by atoms with Gasteiger partial charge in [0, 0.05) is 13.1 Å². The van der Waals surface area contributed by atoms with Crippen LogP contribution in [0.5, 0.6) is 0 Å². The first-order chi connectivity index (χ1) is 6.78. The SMILES string of the molecule is N#CC1(CC2CC2)CCN(C=O)CC1. The van der Waals surface area contributed by atoms with Gasteiger partial charge in [-0.1, -0.05) is 12.8 Å². The Morgan fingerprint density at radius 1 is 1.43 bits per heavy atom. The molecule has 0 N–H and O–H groups in total. The molecule has 2 rings (SSSR count). The van der Waals surface area contributed by atoms with Crippen molar-refractivity contribution in [2.45, 2.75) is 32.1 Å². The van der Waals surface area contributed by atoms with Crippen LogP contribution in [0.3, 0.4) is 0 Å². The Morgan fingerprint density at radius 2 is 2.07 bits per heavy atom. The normalized spacial score (nSPS) is 25.5. The van der Waals surface area contributed by atoms with Gasteiger partial charge < -0.3 is 4.90 Å². The standard InChI is InChI=1S/C11H16N2O/c12-8-11(7-10-1-2-10)3-5-13(9-14)6-4-11/h9-10H,1-7H2. The molecule has 3 heteroatoms. The van der Waals surface area contributed by atoms with Crippen LogP contribution in [0.25, 0.3) is 0 Å². The molecule has 0 atom stereocenters. The summed E-state index contributed by atoms with van der Waals surface area (Å²) in [4.78, 5) is 12.3. The zero-order chi connectivity index (χ0) is 10.0. The van der Waals surface area contributed by atoms with Crippen molar-refractivity contribution >= 4 is 6.41 Å². The van der Waals surface area contributed by atoms with E-state index in [2.05, 4.69) is 6.07 Å². The largest absolute Gasteiger partial charge is 0.345 e. The molecule has 1 heterocycles. The molecular weight excluding hydrogens is 176 g/mol. The molecule has 3 nitrogen and oxygen atoms in total. The van der Waals surface area contributed by atoms with E-state index in [-0.39, 0.29) is 5.41 Å². The predicted molar refractivity (Wildman–Crippen MR) is 52.3 cm³/mol. The van der Waals surface area contributed by atoms with Gasteiger partial charge in [0.2, 0.25) is 6.41 Å². The van der Waals surface area contributed by atoms with Gasteiger partial charge in [-0.2, -0.15) is 5.26 Å². The molecule has 0 radical (unpaired) electrons. The van der Waals surface area contributed by atoms with Crippen LogP contribution in [-0.4, -0.2) is 24.4 Å². The lowest BCUT2D eigenvalue weighted by molar-refractivity contribution is -0.119. The zero-order valence-electron chi connectivity index (χ0n) is 8.41. The highest BCUT2D eigenvalue weighted by Crippen LogP contribution is 2.44. The quantitative estimate of drug-likeness (QED) is 0.637. The predicted octanol–water partition coefficient (Wildman–Crippen LogP) is 1.55. The van der Waals surface area contributed by atoms with Crippen molar-refractivity contribution in [3.63, 3.8) is 0 Å². The Bertz CT molecular complexity index is 257. The van der Waals surface area contributed by atoms with Gasteiger partial charge >= 0.3 is 0 Å². The fourth-order valence-electron chi connectivity index (χ4n) is 2.29. The smallest absolute Gasteiger partial charge is 0.209 e. The van der Waals surface area contributed by atoms with E-state index in [0.29, 0.717) is 0 Å². The fourth-order valence-corrected chi connectivity index (χ4v) is 2.29. The maximum Gasteiger partial charge on any atom is 0.209 e. The van der Waals surface area contributed by atoms with Crippen molar-refractivity contribution in [2.24, 2.45) is 11.3 Å². The molecule has 0 aromatic heterocycles. The van der Waals surface area contributed by atoms with Crippen LogP contribution in [0.15, 0.2) is 0 Å². The topological polar surface area (TPSA) is 44.1 Å². The van der Waals surface area contributed by atoms with E-state index in [9.17, 15) is 10.1 Å².